The quantitative estimate of drug-likeness (QED) is 0.0494. The van der Waals surface area contributed by atoms with Gasteiger partial charge < -0.3 is 49.9 Å². The number of benzene rings is 2. The summed E-state index contributed by atoms with van der Waals surface area (Å²) >= 11 is 1.26. The Morgan fingerprint density at radius 1 is 0.841 bits per heavy atom. The first-order chi connectivity index (χ1) is 33.1. The third kappa shape index (κ3) is 19.4. The number of aromatic nitrogens is 1. The second kappa shape index (κ2) is 29.5. The molecule has 5 amide bonds. The molecule has 0 saturated heterocycles. The maximum Gasteiger partial charge on any atom is 0.326 e. The average molecular weight is 985 g/mol. The molecule has 0 radical (unpaired) electrons. The Labute approximate surface area is 406 Å². The van der Waals surface area contributed by atoms with Gasteiger partial charge in [0.25, 0.3) is 11.8 Å². The standard InChI is InChI=1S/C49H66F2N6O11S/c1-49(2,3)47(41-30-36(38-31-37(50)10-11-39(38)51)33-55(41)32-35-8-5-4-6-9-35)57(19-7-17-52)46(62)34-69-29-16-40(48(63)64)54-43(59)15-21-65-23-25-67-27-28-68-26-24-66-22-18-53-42(58)14-20-56-44(60)12-13-45(56)61/h4-6,8-13,30-31,33,40,47H,7,14-29,32,34,52H2,1-3H3,(H,53,58)(H,54,59)(H,63,64)/t40?,47-/m0/s1. The first-order valence-electron chi connectivity index (χ1n) is 23.0. The number of carbonyl (C=O) groups excluding carboxylic acids is 5. The summed E-state index contributed by atoms with van der Waals surface area (Å²) in [6.45, 7) is 9.40. The Morgan fingerprint density at radius 2 is 1.48 bits per heavy atom. The van der Waals surface area contributed by atoms with Crippen LogP contribution in [0.2, 0.25) is 0 Å². The number of carbonyl (C=O) groups is 6. The fourth-order valence-corrected chi connectivity index (χ4v) is 8.27. The van der Waals surface area contributed by atoms with E-state index in [-0.39, 0.29) is 87.7 Å². The predicted molar refractivity (Wildman–Crippen MR) is 256 cm³/mol. The van der Waals surface area contributed by atoms with E-state index in [1.54, 1.807) is 11.1 Å². The van der Waals surface area contributed by atoms with Gasteiger partial charge >= 0.3 is 5.97 Å². The second-order valence-electron chi connectivity index (χ2n) is 17.1. The Balaban J connectivity index is 1.14. The van der Waals surface area contributed by atoms with Gasteiger partial charge in [0.2, 0.25) is 17.7 Å². The van der Waals surface area contributed by atoms with Gasteiger partial charge in [-0.05, 0) is 60.4 Å². The van der Waals surface area contributed by atoms with Crippen LogP contribution in [0.15, 0.2) is 72.9 Å². The topological polar surface area (TPSA) is 221 Å². The van der Waals surface area contributed by atoms with Crippen molar-refractivity contribution >= 4 is 47.3 Å². The van der Waals surface area contributed by atoms with Crippen molar-refractivity contribution in [1.82, 2.24) is 25.0 Å². The van der Waals surface area contributed by atoms with Crippen molar-refractivity contribution in [2.45, 2.75) is 65.1 Å². The molecule has 0 bridgehead atoms. The highest BCUT2D eigenvalue weighted by Crippen LogP contribution is 2.41. The number of hydrogen-bond acceptors (Lipinski definition) is 12. The molecule has 2 atom stereocenters. The molecule has 4 rings (SSSR count). The van der Waals surface area contributed by atoms with Crippen molar-refractivity contribution in [2.75, 3.05) is 90.5 Å². The van der Waals surface area contributed by atoms with Crippen LogP contribution in [0.5, 0.6) is 0 Å². The number of carboxylic acid groups (broad SMARTS) is 1. The summed E-state index contributed by atoms with van der Waals surface area (Å²) in [6, 6.07) is 13.1. The van der Waals surface area contributed by atoms with E-state index in [2.05, 4.69) is 10.6 Å². The van der Waals surface area contributed by atoms with Crippen LogP contribution in [0.3, 0.4) is 0 Å². The molecule has 0 saturated carbocycles. The van der Waals surface area contributed by atoms with Crippen LogP contribution < -0.4 is 16.4 Å². The van der Waals surface area contributed by atoms with Gasteiger partial charge in [0, 0.05) is 74.2 Å². The van der Waals surface area contributed by atoms with Gasteiger partial charge in [-0.1, -0.05) is 51.1 Å². The fraction of sp³-hybridized carbons (Fsp3) is 0.510. The Morgan fingerprint density at radius 3 is 2.10 bits per heavy atom. The molecule has 69 heavy (non-hydrogen) atoms. The molecule has 0 aliphatic carbocycles. The number of ether oxygens (including phenoxy) is 4. The summed E-state index contributed by atoms with van der Waals surface area (Å²) in [4.78, 5) is 76.6. The van der Waals surface area contributed by atoms with E-state index in [0.29, 0.717) is 58.0 Å². The minimum absolute atomic E-state index is 0.00566. The summed E-state index contributed by atoms with van der Waals surface area (Å²) in [5, 5.41) is 15.1. The Bertz CT molecular complexity index is 2150. The first-order valence-corrected chi connectivity index (χ1v) is 24.1. The number of nitrogens with zero attached hydrogens (tertiary/aromatic N) is 3. The molecule has 17 nitrogen and oxygen atoms in total. The molecule has 1 aromatic heterocycles. The van der Waals surface area contributed by atoms with E-state index in [9.17, 15) is 38.3 Å². The van der Waals surface area contributed by atoms with Crippen LogP contribution in [-0.4, -0.2) is 152 Å². The molecule has 2 aromatic carbocycles. The van der Waals surface area contributed by atoms with Crippen LogP contribution >= 0.6 is 11.8 Å². The lowest BCUT2D eigenvalue weighted by atomic mass is 9.83. The normalized spacial score (nSPS) is 13.4. The van der Waals surface area contributed by atoms with Crippen LogP contribution in [0, 0.1) is 17.0 Å². The summed E-state index contributed by atoms with van der Waals surface area (Å²) < 4.78 is 53.3. The monoisotopic (exact) mass is 984 g/mol. The maximum atomic E-state index is 15.1. The Hall–Kier alpha value is -5.51. The number of amides is 5. The minimum atomic E-state index is -1.20. The van der Waals surface area contributed by atoms with E-state index in [1.807, 2.05) is 61.7 Å². The van der Waals surface area contributed by atoms with E-state index in [4.69, 9.17) is 24.7 Å². The first kappa shape index (κ1) is 56.1. The van der Waals surface area contributed by atoms with E-state index in [0.717, 1.165) is 34.4 Å². The summed E-state index contributed by atoms with van der Waals surface area (Å²) in [5.41, 5.74) is 7.71. The highest BCUT2D eigenvalue weighted by Gasteiger charge is 2.37. The van der Waals surface area contributed by atoms with Gasteiger partial charge in [-0.3, -0.25) is 28.9 Å². The molecular weight excluding hydrogens is 919 g/mol. The summed E-state index contributed by atoms with van der Waals surface area (Å²) in [6.07, 6.45) is 4.64. The molecule has 3 aromatic rings. The van der Waals surface area contributed by atoms with E-state index < -0.39 is 52.8 Å². The fourth-order valence-electron chi connectivity index (χ4n) is 7.38. The number of rotatable bonds is 33. The number of nitrogens with two attached hydrogens (primary N) is 1. The zero-order chi connectivity index (χ0) is 50.2. The van der Waals surface area contributed by atoms with Crippen molar-refractivity contribution in [3.8, 4) is 11.1 Å². The maximum absolute atomic E-state index is 15.1. The van der Waals surface area contributed by atoms with E-state index >= 15 is 4.39 Å². The van der Waals surface area contributed by atoms with Crippen LogP contribution in [0.1, 0.15) is 63.8 Å². The second-order valence-corrected chi connectivity index (χ2v) is 18.3. The molecule has 2 heterocycles. The smallest absolute Gasteiger partial charge is 0.326 e. The number of thioether (sulfide) groups is 1. The zero-order valence-electron chi connectivity index (χ0n) is 39.6. The zero-order valence-corrected chi connectivity index (χ0v) is 40.4. The van der Waals surface area contributed by atoms with Gasteiger partial charge in [-0.25, -0.2) is 13.6 Å². The van der Waals surface area contributed by atoms with Crippen molar-refractivity contribution < 1.29 is 61.6 Å². The summed E-state index contributed by atoms with van der Waals surface area (Å²) in [7, 11) is 0. The highest BCUT2D eigenvalue weighted by atomic mass is 32.2. The summed E-state index contributed by atoms with van der Waals surface area (Å²) in [5.74, 6) is -3.91. The molecule has 5 N–H and O–H groups in total. The van der Waals surface area contributed by atoms with Crippen LogP contribution in [0.4, 0.5) is 8.78 Å². The molecule has 1 aliphatic heterocycles. The molecule has 0 fully saturated rings. The van der Waals surface area contributed by atoms with Gasteiger partial charge in [0.15, 0.2) is 0 Å². The predicted octanol–water partition coefficient (Wildman–Crippen LogP) is 4.33. The Kier molecular flexibility index (Phi) is 24.0. The lowest BCUT2D eigenvalue weighted by Crippen LogP contribution is -2.44. The number of halogens is 2. The molecule has 1 unspecified atom stereocenters. The largest absolute Gasteiger partial charge is 0.480 e. The third-order valence-electron chi connectivity index (χ3n) is 10.7. The molecule has 0 spiro atoms. The third-order valence-corrected chi connectivity index (χ3v) is 11.7. The number of nitrogens with one attached hydrogen (secondary N) is 2. The molecule has 1 aliphatic rings. The average Bonchev–Trinajstić information content (AvgIpc) is 3.86. The van der Waals surface area contributed by atoms with Gasteiger partial charge in [-0.15, -0.1) is 0 Å². The lowest BCUT2D eigenvalue weighted by molar-refractivity contribution is -0.142. The van der Waals surface area contributed by atoms with Gasteiger partial charge in [0.1, 0.15) is 17.7 Å². The lowest BCUT2D eigenvalue weighted by Gasteiger charge is -2.41. The van der Waals surface area contributed by atoms with Crippen LogP contribution in [-0.2, 0) is 54.3 Å². The number of hydrogen-bond donors (Lipinski definition) is 4. The number of aliphatic carboxylic acids is 1. The van der Waals surface area contributed by atoms with Crippen molar-refractivity contribution in [3.63, 3.8) is 0 Å². The van der Waals surface area contributed by atoms with Crippen molar-refractivity contribution in [3.05, 3.63) is 95.8 Å². The SMILES string of the molecule is CC(C)(C)[C@H](c1cc(-c2cc(F)ccc2F)cn1Cc1ccccc1)N(CCCN)C(=O)CSCCC(NC(=O)CCOCCOCCOCCOCCNC(=O)CCN1C(=O)C=CC1=O)C(=O)O. The van der Waals surface area contributed by atoms with Gasteiger partial charge in [0.05, 0.1) is 64.6 Å². The number of carboxylic acids is 1. The number of imide groups is 1. The van der Waals surface area contributed by atoms with Crippen molar-refractivity contribution in [2.24, 2.45) is 11.1 Å². The van der Waals surface area contributed by atoms with Crippen molar-refractivity contribution in [1.29, 1.82) is 0 Å². The van der Waals surface area contributed by atoms with E-state index in [1.165, 1.54) is 23.9 Å². The molecule has 378 valence electrons. The molecular formula is C49H66F2N6O11S. The van der Waals surface area contributed by atoms with Gasteiger partial charge in [-0.2, -0.15) is 11.8 Å². The van der Waals surface area contributed by atoms with Crippen LogP contribution in [0.25, 0.3) is 11.1 Å². The molecule has 20 heteroatoms. The highest BCUT2D eigenvalue weighted by molar-refractivity contribution is 7.99. The minimum Gasteiger partial charge on any atom is -0.480 e.